The lowest BCUT2D eigenvalue weighted by Gasteiger charge is -2.26. The zero-order chi connectivity index (χ0) is 12.3. The van der Waals surface area contributed by atoms with Crippen molar-refractivity contribution >= 4 is 27.3 Å². The van der Waals surface area contributed by atoms with E-state index in [9.17, 15) is 0 Å². The summed E-state index contributed by atoms with van der Waals surface area (Å²) in [6.45, 7) is 4.03. The maximum absolute atomic E-state index is 5.62. The van der Waals surface area contributed by atoms with Crippen molar-refractivity contribution in [1.82, 2.24) is 0 Å². The van der Waals surface area contributed by atoms with Crippen LogP contribution in [0.1, 0.15) is 12.8 Å². The van der Waals surface area contributed by atoms with Crippen molar-refractivity contribution in [2.75, 3.05) is 43.0 Å². The van der Waals surface area contributed by atoms with Crippen LogP contribution in [0.3, 0.4) is 0 Å². The monoisotopic (exact) mass is 297 g/mol. The van der Waals surface area contributed by atoms with Crippen LogP contribution in [0.2, 0.25) is 0 Å². The highest BCUT2D eigenvalue weighted by Crippen LogP contribution is 2.37. The summed E-state index contributed by atoms with van der Waals surface area (Å²) in [4.78, 5) is 4.79. The Morgan fingerprint density at radius 1 is 1.35 bits per heavy atom. The Hall–Kier alpha value is -0.740. The molecule has 1 aliphatic rings. The molecule has 0 atom stereocenters. The molecule has 0 saturated carbocycles. The molecule has 3 nitrogen and oxygen atoms in total. The lowest BCUT2D eigenvalue weighted by atomic mass is 10.2. The molecule has 1 aliphatic heterocycles. The largest absolute Gasteiger partial charge is 0.372 e. The number of benzene rings is 1. The van der Waals surface area contributed by atoms with Crippen LogP contribution in [0.15, 0.2) is 22.7 Å². The van der Waals surface area contributed by atoms with Gasteiger partial charge in [0.25, 0.3) is 0 Å². The molecule has 0 aromatic heterocycles. The van der Waals surface area contributed by atoms with Gasteiger partial charge in [0.2, 0.25) is 0 Å². The molecule has 0 fully saturated rings. The van der Waals surface area contributed by atoms with Crippen LogP contribution in [-0.4, -0.2) is 33.2 Å². The SMILES string of the molecule is CN1CCCN(CCCN)c2cccc(Br)c21. The van der Waals surface area contributed by atoms with E-state index in [-0.39, 0.29) is 0 Å². The van der Waals surface area contributed by atoms with Crippen molar-refractivity contribution in [2.45, 2.75) is 12.8 Å². The van der Waals surface area contributed by atoms with Gasteiger partial charge in [-0.15, -0.1) is 0 Å². The van der Waals surface area contributed by atoms with Crippen LogP contribution in [0, 0.1) is 0 Å². The number of rotatable bonds is 3. The summed E-state index contributed by atoms with van der Waals surface area (Å²) in [5.41, 5.74) is 8.25. The summed E-state index contributed by atoms with van der Waals surface area (Å²) in [7, 11) is 2.16. The average Bonchev–Trinajstić information content (AvgIpc) is 2.47. The normalized spacial score (nSPS) is 15.7. The third-order valence-electron chi connectivity index (χ3n) is 3.24. The number of hydrogen-bond acceptors (Lipinski definition) is 3. The zero-order valence-corrected chi connectivity index (χ0v) is 11.9. The van der Waals surface area contributed by atoms with E-state index in [0.717, 1.165) is 32.6 Å². The predicted molar refractivity (Wildman–Crippen MR) is 77.9 cm³/mol. The molecule has 0 saturated heterocycles. The summed E-state index contributed by atoms with van der Waals surface area (Å²) in [5, 5.41) is 0. The van der Waals surface area contributed by atoms with Gasteiger partial charge in [0, 0.05) is 31.2 Å². The van der Waals surface area contributed by atoms with Crippen LogP contribution in [0.25, 0.3) is 0 Å². The van der Waals surface area contributed by atoms with E-state index < -0.39 is 0 Å². The molecule has 4 heteroatoms. The van der Waals surface area contributed by atoms with Gasteiger partial charge in [0.05, 0.1) is 11.4 Å². The fourth-order valence-corrected chi connectivity index (χ4v) is 3.04. The van der Waals surface area contributed by atoms with Crippen molar-refractivity contribution in [3.8, 4) is 0 Å². The summed E-state index contributed by atoms with van der Waals surface area (Å²) in [5.74, 6) is 0. The lowest BCUT2D eigenvalue weighted by molar-refractivity contribution is 0.710. The van der Waals surface area contributed by atoms with Crippen molar-refractivity contribution in [2.24, 2.45) is 5.73 Å². The molecule has 0 aliphatic carbocycles. The first kappa shape index (κ1) is 12.7. The second kappa shape index (κ2) is 5.74. The van der Waals surface area contributed by atoms with Crippen molar-refractivity contribution < 1.29 is 0 Å². The Morgan fingerprint density at radius 3 is 2.94 bits per heavy atom. The van der Waals surface area contributed by atoms with Gasteiger partial charge in [-0.25, -0.2) is 0 Å². The minimum atomic E-state index is 0.760. The average molecular weight is 298 g/mol. The van der Waals surface area contributed by atoms with Gasteiger partial charge in [-0.1, -0.05) is 6.07 Å². The lowest BCUT2D eigenvalue weighted by Crippen LogP contribution is -2.26. The minimum absolute atomic E-state index is 0.760. The van der Waals surface area contributed by atoms with Gasteiger partial charge in [-0.2, -0.15) is 0 Å². The van der Waals surface area contributed by atoms with Gasteiger partial charge < -0.3 is 15.5 Å². The standard InChI is InChI=1S/C13H20BrN3/c1-16-8-4-10-17(9-3-7-15)12-6-2-5-11(14)13(12)16/h2,5-6H,3-4,7-10,15H2,1H3. The smallest absolute Gasteiger partial charge is 0.0745 e. The van der Waals surface area contributed by atoms with E-state index in [1.165, 1.54) is 22.3 Å². The Bertz CT molecular complexity index is 381. The second-order valence-corrected chi connectivity index (χ2v) is 5.37. The maximum Gasteiger partial charge on any atom is 0.0745 e. The number of hydrogen-bond donors (Lipinski definition) is 1. The molecular formula is C13H20BrN3. The van der Waals surface area contributed by atoms with Crippen LogP contribution in [-0.2, 0) is 0 Å². The molecule has 0 amide bonds. The molecule has 1 aromatic rings. The Kier molecular flexibility index (Phi) is 4.29. The Balaban J connectivity index is 2.33. The first-order chi connectivity index (χ1) is 8.24. The van der Waals surface area contributed by atoms with Gasteiger partial charge in [0.1, 0.15) is 0 Å². The summed E-state index contributed by atoms with van der Waals surface area (Å²) >= 11 is 3.66. The molecule has 1 aromatic carbocycles. The summed E-state index contributed by atoms with van der Waals surface area (Å²) < 4.78 is 1.18. The van der Waals surface area contributed by atoms with Crippen LogP contribution >= 0.6 is 15.9 Å². The van der Waals surface area contributed by atoms with Gasteiger partial charge >= 0.3 is 0 Å². The summed E-state index contributed by atoms with van der Waals surface area (Å²) in [6, 6.07) is 6.43. The van der Waals surface area contributed by atoms with Crippen molar-refractivity contribution in [3.05, 3.63) is 22.7 Å². The predicted octanol–water partition coefficient (Wildman–Crippen LogP) is 2.44. The van der Waals surface area contributed by atoms with E-state index >= 15 is 0 Å². The first-order valence-electron chi connectivity index (χ1n) is 6.18. The van der Waals surface area contributed by atoms with E-state index in [0.29, 0.717) is 0 Å². The fourth-order valence-electron chi connectivity index (χ4n) is 2.38. The third-order valence-corrected chi connectivity index (χ3v) is 3.88. The molecule has 0 spiro atoms. The third kappa shape index (κ3) is 2.75. The van der Waals surface area contributed by atoms with E-state index in [2.05, 4.69) is 51.0 Å². The van der Waals surface area contributed by atoms with Crippen molar-refractivity contribution in [3.63, 3.8) is 0 Å². The van der Waals surface area contributed by atoms with E-state index in [4.69, 9.17) is 5.73 Å². The highest BCUT2D eigenvalue weighted by molar-refractivity contribution is 9.10. The quantitative estimate of drug-likeness (QED) is 0.930. The number of nitrogens with zero attached hydrogens (tertiary/aromatic N) is 2. The molecule has 17 heavy (non-hydrogen) atoms. The van der Waals surface area contributed by atoms with E-state index in [1.54, 1.807) is 0 Å². The molecule has 2 rings (SSSR count). The molecule has 94 valence electrons. The molecule has 0 bridgehead atoms. The number of halogens is 1. The van der Waals surface area contributed by atoms with Crippen molar-refractivity contribution in [1.29, 1.82) is 0 Å². The fraction of sp³-hybridized carbons (Fsp3) is 0.538. The maximum atomic E-state index is 5.62. The van der Waals surface area contributed by atoms with Crippen LogP contribution in [0.4, 0.5) is 11.4 Å². The molecule has 1 heterocycles. The highest BCUT2D eigenvalue weighted by atomic mass is 79.9. The topological polar surface area (TPSA) is 32.5 Å². The van der Waals surface area contributed by atoms with Crippen LogP contribution in [0.5, 0.6) is 0 Å². The van der Waals surface area contributed by atoms with Crippen LogP contribution < -0.4 is 15.5 Å². The number of fused-ring (bicyclic) bond motifs is 1. The molecule has 2 N–H and O–H groups in total. The molecular weight excluding hydrogens is 278 g/mol. The summed E-state index contributed by atoms with van der Waals surface area (Å²) in [6.07, 6.45) is 2.25. The highest BCUT2D eigenvalue weighted by Gasteiger charge is 2.19. The van der Waals surface area contributed by atoms with E-state index in [1.807, 2.05) is 0 Å². The Labute approximate surface area is 112 Å². The Morgan fingerprint density at radius 2 is 2.18 bits per heavy atom. The van der Waals surface area contributed by atoms with Gasteiger partial charge in [-0.05, 0) is 47.4 Å². The second-order valence-electron chi connectivity index (χ2n) is 4.51. The minimum Gasteiger partial charge on any atom is -0.372 e. The first-order valence-corrected chi connectivity index (χ1v) is 6.98. The van der Waals surface area contributed by atoms with Gasteiger partial charge in [0.15, 0.2) is 0 Å². The molecule has 0 unspecified atom stereocenters. The van der Waals surface area contributed by atoms with Gasteiger partial charge in [-0.3, -0.25) is 0 Å². The number of nitrogens with two attached hydrogens (primary N) is 1. The molecule has 0 radical (unpaired) electrons. The number of anilines is 2. The zero-order valence-electron chi connectivity index (χ0n) is 10.3. The number of para-hydroxylation sites is 1.